The fourth-order valence-electron chi connectivity index (χ4n) is 2.05. The lowest BCUT2D eigenvalue weighted by atomic mass is 10.00. The van der Waals surface area contributed by atoms with Gasteiger partial charge < -0.3 is 4.74 Å². The maximum Gasteiger partial charge on any atom is 0.122 e. The fourth-order valence-corrected chi connectivity index (χ4v) is 2.05. The molecule has 0 radical (unpaired) electrons. The van der Waals surface area contributed by atoms with Gasteiger partial charge in [0.05, 0.1) is 6.61 Å². The van der Waals surface area contributed by atoms with E-state index in [1.165, 1.54) is 16.7 Å². The Bertz CT molecular complexity index is 517. The molecular formula is C22H34O. The van der Waals surface area contributed by atoms with Crippen LogP contribution < -0.4 is 4.74 Å². The standard InChI is InChI=1S/C18H22O.2C2H6/c1-4-14(2)13-19-18-12-8-11-17(15(18)3)16-9-6-5-7-10-16;2*1-2/h5-12,14H,4,13H2,1-3H3;2*1-2H3/t14-;;/m1../s1. The van der Waals surface area contributed by atoms with Crippen LogP contribution >= 0.6 is 0 Å². The van der Waals surface area contributed by atoms with Crippen LogP contribution in [0.15, 0.2) is 48.5 Å². The van der Waals surface area contributed by atoms with Crippen LogP contribution in [0.2, 0.25) is 0 Å². The summed E-state index contributed by atoms with van der Waals surface area (Å²) in [7, 11) is 0. The molecule has 128 valence electrons. The topological polar surface area (TPSA) is 9.23 Å². The van der Waals surface area contributed by atoms with Gasteiger partial charge in [-0.15, -0.1) is 0 Å². The molecule has 0 saturated carbocycles. The van der Waals surface area contributed by atoms with Crippen molar-refractivity contribution in [2.75, 3.05) is 6.61 Å². The van der Waals surface area contributed by atoms with Gasteiger partial charge in [-0.25, -0.2) is 0 Å². The van der Waals surface area contributed by atoms with Gasteiger partial charge in [0.1, 0.15) is 5.75 Å². The summed E-state index contributed by atoms with van der Waals surface area (Å²) in [4.78, 5) is 0. The number of benzene rings is 2. The zero-order valence-electron chi connectivity index (χ0n) is 16.0. The van der Waals surface area contributed by atoms with E-state index >= 15 is 0 Å². The summed E-state index contributed by atoms with van der Waals surface area (Å²) in [5.41, 5.74) is 3.72. The molecule has 0 aliphatic rings. The predicted octanol–water partition coefficient (Wildman–Crippen LogP) is 7.14. The van der Waals surface area contributed by atoms with Gasteiger partial charge in [0.2, 0.25) is 0 Å². The molecular weight excluding hydrogens is 280 g/mol. The van der Waals surface area contributed by atoms with Crippen molar-refractivity contribution in [3.8, 4) is 16.9 Å². The zero-order chi connectivity index (χ0) is 17.7. The highest BCUT2D eigenvalue weighted by atomic mass is 16.5. The summed E-state index contributed by atoms with van der Waals surface area (Å²) >= 11 is 0. The van der Waals surface area contributed by atoms with Crippen LogP contribution in [0.25, 0.3) is 11.1 Å². The van der Waals surface area contributed by atoms with Gasteiger partial charge >= 0.3 is 0 Å². The van der Waals surface area contributed by atoms with Crippen molar-refractivity contribution < 1.29 is 4.74 Å². The van der Waals surface area contributed by atoms with Crippen LogP contribution in [0.1, 0.15) is 53.5 Å². The third-order valence-electron chi connectivity index (χ3n) is 3.59. The minimum absolute atomic E-state index is 0.597. The van der Waals surface area contributed by atoms with E-state index in [4.69, 9.17) is 4.74 Å². The maximum atomic E-state index is 5.95. The van der Waals surface area contributed by atoms with Gasteiger partial charge in [0.15, 0.2) is 0 Å². The number of rotatable bonds is 5. The Labute approximate surface area is 143 Å². The number of hydrogen-bond acceptors (Lipinski definition) is 1. The first-order valence-corrected chi connectivity index (χ1v) is 9.00. The quantitative estimate of drug-likeness (QED) is 0.570. The van der Waals surface area contributed by atoms with Crippen molar-refractivity contribution in [3.05, 3.63) is 54.1 Å². The summed E-state index contributed by atoms with van der Waals surface area (Å²) in [5, 5.41) is 0. The number of ether oxygens (including phenoxy) is 1. The molecule has 0 aliphatic heterocycles. The summed E-state index contributed by atoms with van der Waals surface area (Å²) in [6.45, 7) is 15.3. The second kappa shape index (κ2) is 12.8. The van der Waals surface area contributed by atoms with E-state index in [9.17, 15) is 0 Å². The Morgan fingerprint density at radius 3 is 2.04 bits per heavy atom. The molecule has 0 spiro atoms. The third-order valence-corrected chi connectivity index (χ3v) is 3.59. The Hall–Kier alpha value is -1.76. The Balaban J connectivity index is 0.00000112. The molecule has 1 atom stereocenters. The summed E-state index contributed by atoms with van der Waals surface area (Å²) in [5.74, 6) is 1.60. The molecule has 0 N–H and O–H groups in total. The van der Waals surface area contributed by atoms with Gasteiger partial charge in [0.25, 0.3) is 0 Å². The van der Waals surface area contributed by atoms with Crippen LogP contribution in [0.5, 0.6) is 5.75 Å². The van der Waals surface area contributed by atoms with Crippen molar-refractivity contribution in [1.82, 2.24) is 0 Å². The lowest BCUT2D eigenvalue weighted by Gasteiger charge is -2.15. The van der Waals surface area contributed by atoms with Gasteiger partial charge in [-0.1, -0.05) is 90.4 Å². The Kier molecular flexibility index (Phi) is 11.8. The molecule has 0 aliphatic carbocycles. The van der Waals surface area contributed by atoms with Gasteiger partial charge in [-0.2, -0.15) is 0 Å². The molecule has 23 heavy (non-hydrogen) atoms. The van der Waals surface area contributed by atoms with E-state index in [1.807, 2.05) is 33.8 Å². The summed E-state index contributed by atoms with van der Waals surface area (Å²) in [6, 6.07) is 16.7. The van der Waals surface area contributed by atoms with Crippen LogP contribution in [-0.2, 0) is 0 Å². The minimum Gasteiger partial charge on any atom is -0.493 e. The van der Waals surface area contributed by atoms with Crippen molar-refractivity contribution in [1.29, 1.82) is 0 Å². The van der Waals surface area contributed by atoms with Crippen molar-refractivity contribution in [2.24, 2.45) is 5.92 Å². The fraction of sp³-hybridized carbons (Fsp3) is 0.455. The summed E-state index contributed by atoms with van der Waals surface area (Å²) in [6.07, 6.45) is 1.15. The predicted molar refractivity (Wildman–Crippen MR) is 104 cm³/mol. The SMILES string of the molecule is CC.CC.CC[C@@H](C)COc1cccc(-c2ccccc2)c1C. The van der Waals surface area contributed by atoms with E-state index in [0.717, 1.165) is 18.8 Å². The van der Waals surface area contributed by atoms with E-state index in [1.54, 1.807) is 0 Å². The first-order chi connectivity index (χ1) is 11.2. The molecule has 1 heteroatoms. The second-order valence-corrected chi connectivity index (χ2v) is 5.12. The molecule has 0 bridgehead atoms. The second-order valence-electron chi connectivity index (χ2n) is 5.12. The van der Waals surface area contributed by atoms with Crippen molar-refractivity contribution in [2.45, 2.75) is 54.9 Å². The molecule has 2 aromatic carbocycles. The van der Waals surface area contributed by atoms with E-state index in [2.05, 4.69) is 63.2 Å². The molecule has 0 fully saturated rings. The zero-order valence-corrected chi connectivity index (χ0v) is 16.0. The van der Waals surface area contributed by atoms with E-state index in [0.29, 0.717) is 5.92 Å². The highest BCUT2D eigenvalue weighted by Gasteiger charge is 2.08. The molecule has 0 saturated heterocycles. The van der Waals surface area contributed by atoms with Gasteiger partial charge in [-0.3, -0.25) is 0 Å². The first-order valence-electron chi connectivity index (χ1n) is 9.00. The Morgan fingerprint density at radius 1 is 0.870 bits per heavy atom. The average Bonchev–Trinajstić information content (AvgIpc) is 2.64. The Morgan fingerprint density at radius 2 is 1.48 bits per heavy atom. The van der Waals surface area contributed by atoms with E-state index < -0.39 is 0 Å². The smallest absolute Gasteiger partial charge is 0.122 e. The van der Waals surface area contributed by atoms with Gasteiger partial charge in [0, 0.05) is 0 Å². The third kappa shape index (κ3) is 6.90. The molecule has 2 aromatic rings. The van der Waals surface area contributed by atoms with Crippen LogP contribution in [0, 0.1) is 12.8 Å². The van der Waals surface area contributed by atoms with Crippen molar-refractivity contribution in [3.63, 3.8) is 0 Å². The summed E-state index contributed by atoms with van der Waals surface area (Å²) < 4.78 is 5.95. The molecule has 0 heterocycles. The van der Waals surface area contributed by atoms with Crippen molar-refractivity contribution >= 4 is 0 Å². The molecule has 0 unspecified atom stereocenters. The average molecular weight is 315 g/mol. The normalized spacial score (nSPS) is 10.6. The monoisotopic (exact) mass is 314 g/mol. The molecule has 1 nitrogen and oxygen atoms in total. The lowest BCUT2D eigenvalue weighted by molar-refractivity contribution is 0.255. The lowest BCUT2D eigenvalue weighted by Crippen LogP contribution is -2.08. The molecule has 0 aromatic heterocycles. The molecule has 2 rings (SSSR count). The van der Waals surface area contributed by atoms with Gasteiger partial charge in [-0.05, 0) is 35.6 Å². The van der Waals surface area contributed by atoms with E-state index in [-0.39, 0.29) is 0 Å². The number of hydrogen-bond donors (Lipinski definition) is 0. The highest BCUT2D eigenvalue weighted by molar-refractivity contribution is 5.69. The molecule has 0 amide bonds. The van der Waals surface area contributed by atoms with Crippen LogP contribution in [-0.4, -0.2) is 6.61 Å². The largest absolute Gasteiger partial charge is 0.493 e. The first kappa shape index (κ1) is 21.2. The van der Waals surface area contributed by atoms with Crippen LogP contribution in [0.3, 0.4) is 0 Å². The maximum absolute atomic E-state index is 5.95. The minimum atomic E-state index is 0.597. The van der Waals surface area contributed by atoms with Crippen LogP contribution in [0.4, 0.5) is 0 Å². The highest BCUT2D eigenvalue weighted by Crippen LogP contribution is 2.30.